The molecule has 2 aromatic rings. The predicted octanol–water partition coefficient (Wildman–Crippen LogP) is 4.73. The summed E-state index contributed by atoms with van der Waals surface area (Å²) in [5, 5.41) is -0.272. The standard InChI is InChI=1S/C23H29ClO4SeSi/c1-23(2,3)30(4,5)28-19(15-12-9-13-26-15)16-18(25)21-17(24)22(20(16)27-21)29-14-10-7-6-8-11-14/h6-13,16-17,19-22H,1-5H3/t16-,17+,19+,20+,21+,22-/m0/s1. The van der Waals surface area contributed by atoms with Crippen molar-refractivity contribution in [1.82, 2.24) is 0 Å². The van der Waals surface area contributed by atoms with E-state index in [1.54, 1.807) is 6.26 Å². The summed E-state index contributed by atoms with van der Waals surface area (Å²) in [6.45, 7) is 11.0. The number of ether oxygens (including phenoxy) is 1. The van der Waals surface area contributed by atoms with E-state index in [0.717, 1.165) is 0 Å². The normalized spacial score (nSPS) is 30.1. The molecular formula is C23H29ClO4SeSi. The fourth-order valence-corrected chi connectivity index (χ4v) is 8.41. The molecule has 2 fully saturated rings. The number of ketones is 1. The zero-order valence-corrected chi connectivity index (χ0v) is 21.5. The average molecular weight is 512 g/mol. The van der Waals surface area contributed by atoms with Gasteiger partial charge < -0.3 is 0 Å². The van der Waals surface area contributed by atoms with Gasteiger partial charge in [-0.25, -0.2) is 0 Å². The molecule has 0 amide bonds. The van der Waals surface area contributed by atoms with E-state index in [2.05, 4.69) is 46.0 Å². The van der Waals surface area contributed by atoms with Crippen LogP contribution in [-0.4, -0.2) is 46.6 Å². The molecule has 4 rings (SSSR count). The molecule has 2 saturated heterocycles. The van der Waals surface area contributed by atoms with Gasteiger partial charge >= 0.3 is 191 Å². The number of fused-ring (bicyclic) bond motifs is 2. The van der Waals surface area contributed by atoms with Crippen LogP contribution in [0.2, 0.25) is 22.9 Å². The van der Waals surface area contributed by atoms with Gasteiger partial charge in [0.25, 0.3) is 0 Å². The molecule has 162 valence electrons. The van der Waals surface area contributed by atoms with Crippen molar-refractivity contribution < 1.29 is 18.4 Å². The Kier molecular flexibility index (Phi) is 6.12. The molecule has 7 heteroatoms. The summed E-state index contributed by atoms with van der Waals surface area (Å²) < 4.78 is 20.0. The molecule has 2 aliphatic heterocycles. The summed E-state index contributed by atoms with van der Waals surface area (Å²) in [6.07, 6.45) is 0.399. The van der Waals surface area contributed by atoms with E-state index in [-0.39, 0.29) is 48.0 Å². The molecule has 30 heavy (non-hydrogen) atoms. The van der Waals surface area contributed by atoms with E-state index in [0.29, 0.717) is 5.76 Å². The fourth-order valence-electron chi connectivity index (χ4n) is 3.91. The number of benzene rings is 1. The molecule has 0 N–H and O–H groups in total. The summed E-state index contributed by atoms with van der Waals surface area (Å²) in [5.41, 5.74) is 0. The first-order valence-corrected chi connectivity index (χ1v) is 15.6. The van der Waals surface area contributed by atoms with Crippen LogP contribution in [0.3, 0.4) is 0 Å². The number of hydrogen-bond acceptors (Lipinski definition) is 4. The Morgan fingerprint density at radius 3 is 2.40 bits per heavy atom. The molecular weight excluding hydrogens is 483 g/mol. The van der Waals surface area contributed by atoms with Crippen LogP contribution in [0, 0.1) is 5.92 Å². The van der Waals surface area contributed by atoms with Crippen molar-refractivity contribution in [3.63, 3.8) is 0 Å². The van der Waals surface area contributed by atoms with Crippen molar-refractivity contribution in [3.8, 4) is 0 Å². The average Bonchev–Trinajstić information content (AvgIpc) is 3.38. The van der Waals surface area contributed by atoms with Crippen LogP contribution in [0.5, 0.6) is 0 Å². The molecule has 0 saturated carbocycles. The molecule has 3 heterocycles. The molecule has 1 aromatic carbocycles. The molecule has 0 radical (unpaired) electrons. The molecule has 0 unspecified atom stereocenters. The first-order valence-electron chi connectivity index (χ1n) is 10.4. The number of carbonyl (C=O) groups excluding carboxylic acids is 1. The number of carbonyl (C=O) groups is 1. The zero-order valence-electron chi connectivity index (χ0n) is 18.0. The molecule has 0 spiro atoms. The van der Waals surface area contributed by atoms with Crippen LogP contribution in [0.1, 0.15) is 32.6 Å². The maximum atomic E-state index is 13.3. The molecule has 2 aliphatic rings. The van der Waals surface area contributed by atoms with E-state index in [9.17, 15) is 4.79 Å². The Morgan fingerprint density at radius 1 is 1.13 bits per heavy atom. The quantitative estimate of drug-likeness (QED) is 0.415. The van der Waals surface area contributed by atoms with E-state index >= 15 is 0 Å². The van der Waals surface area contributed by atoms with Gasteiger partial charge in [0.05, 0.1) is 0 Å². The molecule has 4 nitrogen and oxygen atoms in total. The van der Waals surface area contributed by atoms with Gasteiger partial charge in [0.1, 0.15) is 0 Å². The second-order valence-electron chi connectivity index (χ2n) is 9.60. The van der Waals surface area contributed by atoms with Gasteiger partial charge in [-0.15, -0.1) is 0 Å². The third-order valence-electron chi connectivity index (χ3n) is 6.59. The van der Waals surface area contributed by atoms with E-state index < -0.39 is 20.5 Å². The molecule has 6 atom stereocenters. The summed E-state index contributed by atoms with van der Waals surface area (Å²) >= 11 is 6.84. The topological polar surface area (TPSA) is 48.7 Å². The van der Waals surface area contributed by atoms with Crippen LogP contribution >= 0.6 is 11.6 Å². The van der Waals surface area contributed by atoms with Crippen LogP contribution < -0.4 is 4.46 Å². The maximum absolute atomic E-state index is 13.3. The van der Waals surface area contributed by atoms with Gasteiger partial charge in [-0.3, -0.25) is 0 Å². The van der Waals surface area contributed by atoms with Crippen molar-refractivity contribution in [3.05, 3.63) is 54.5 Å². The Hall–Kier alpha value is -0.884. The fraction of sp³-hybridized carbons (Fsp3) is 0.522. The van der Waals surface area contributed by atoms with E-state index in [1.807, 2.05) is 30.3 Å². The Labute approximate surface area is 190 Å². The monoisotopic (exact) mass is 512 g/mol. The zero-order chi connectivity index (χ0) is 21.7. The van der Waals surface area contributed by atoms with E-state index in [1.165, 1.54) is 4.46 Å². The summed E-state index contributed by atoms with van der Waals surface area (Å²) in [4.78, 5) is 13.5. The van der Waals surface area contributed by atoms with Crippen molar-refractivity contribution in [2.24, 2.45) is 5.92 Å². The summed E-state index contributed by atoms with van der Waals surface area (Å²) in [5.74, 6) is 0.368. The Morgan fingerprint density at radius 2 is 1.83 bits per heavy atom. The summed E-state index contributed by atoms with van der Waals surface area (Å²) in [7, 11) is -2.16. The van der Waals surface area contributed by atoms with Gasteiger partial charge in [-0.2, -0.15) is 0 Å². The number of alkyl halides is 1. The number of rotatable bonds is 6. The van der Waals surface area contributed by atoms with Crippen LogP contribution in [0.25, 0.3) is 0 Å². The van der Waals surface area contributed by atoms with Crippen molar-refractivity contribution in [2.75, 3.05) is 0 Å². The Bertz CT molecular complexity index is 880. The third kappa shape index (κ3) is 3.99. The van der Waals surface area contributed by atoms with Gasteiger partial charge in [0.15, 0.2) is 0 Å². The predicted molar refractivity (Wildman–Crippen MR) is 122 cm³/mol. The first kappa shape index (κ1) is 22.3. The van der Waals surface area contributed by atoms with E-state index in [4.69, 9.17) is 25.2 Å². The van der Waals surface area contributed by atoms with Crippen molar-refractivity contribution in [2.45, 2.75) is 67.4 Å². The van der Waals surface area contributed by atoms with Gasteiger partial charge in [0.2, 0.25) is 0 Å². The second kappa shape index (κ2) is 8.23. The number of hydrogen-bond donors (Lipinski definition) is 0. The first-order chi connectivity index (χ1) is 14.1. The van der Waals surface area contributed by atoms with Gasteiger partial charge in [-0.1, -0.05) is 0 Å². The number of halogens is 1. The molecule has 2 bridgehead atoms. The molecule has 1 aromatic heterocycles. The minimum atomic E-state index is -2.16. The molecule has 0 aliphatic carbocycles. The van der Waals surface area contributed by atoms with Crippen LogP contribution in [-0.2, 0) is 14.0 Å². The Balaban J connectivity index is 1.66. The van der Waals surface area contributed by atoms with Crippen molar-refractivity contribution in [1.29, 1.82) is 0 Å². The summed E-state index contributed by atoms with van der Waals surface area (Å²) in [6, 6.07) is 14.1. The van der Waals surface area contributed by atoms with Crippen LogP contribution in [0.15, 0.2) is 53.1 Å². The second-order valence-corrected chi connectivity index (χ2v) is 17.5. The number of furan rings is 1. The SMILES string of the molecule is CC(C)(C)[Si](C)(C)O[C@H](c1ccco1)[C@@H]1C(=O)[C@@H]2O[C@H]1[C@@H]([Se]c1ccccc1)[C@@H]2Cl. The third-order valence-corrected chi connectivity index (χ3v) is 14.8. The van der Waals surface area contributed by atoms with Crippen molar-refractivity contribution >= 4 is 45.1 Å². The number of Topliss-reactive ketones (excluding diaryl/α,β-unsaturated/α-hetero) is 1. The van der Waals surface area contributed by atoms with Crippen LogP contribution in [0.4, 0.5) is 0 Å². The minimum absolute atomic E-state index is 0.0156. The van der Waals surface area contributed by atoms with Gasteiger partial charge in [-0.05, 0) is 0 Å². The van der Waals surface area contributed by atoms with Gasteiger partial charge in [0, 0.05) is 0 Å².